The molecule has 1 N–H and O–H groups in total. The molecule has 0 atom stereocenters. The Kier molecular flexibility index (Phi) is 9.06. The lowest BCUT2D eigenvalue weighted by atomic mass is 9.99. The predicted molar refractivity (Wildman–Crippen MR) is 102 cm³/mol. The summed E-state index contributed by atoms with van der Waals surface area (Å²) in [5, 5.41) is 8.74. The number of aliphatic hydroxyl groups is 1. The molecule has 2 aliphatic carbocycles. The van der Waals surface area contributed by atoms with Crippen LogP contribution in [0.2, 0.25) is 0 Å². The molecule has 2 aliphatic rings. The summed E-state index contributed by atoms with van der Waals surface area (Å²) < 4.78 is 10.7. The van der Waals surface area contributed by atoms with E-state index in [9.17, 15) is 9.59 Å². The van der Waals surface area contributed by atoms with E-state index >= 15 is 0 Å². The summed E-state index contributed by atoms with van der Waals surface area (Å²) in [6, 6.07) is 0. The minimum absolute atomic E-state index is 0.143. The quantitative estimate of drug-likeness (QED) is 0.539. The zero-order valence-corrected chi connectivity index (χ0v) is 16.3. The van der Waals surface area contributed by atoms with Gasteiger partial charge in [0.25, 0.3) is 0 Å². The molecule has 2 saturated carbocycles. The van der Waals surface area contributed by atoms with E-state index in [0.717, 1.165) is 51.4 Å². The molecule has 0 amide bonds. The van der Waals surface area contributed by atoms with Gasteiger partial charge in [0.05, 0.1) is 12.2 Å². The molecular weight excluding hydrogens is 332 g/mol. The highest BCUT2D eigenvalue weighted by Gasteiger charge is 2.36. The minimum atomic E-state index is -0.448. The van der Waals surface area contributed by atoms with Gasteiger partial charge in [0.2, 0.25) is 0 Å². The van der Waals surface area contributed by atoms with Gasteiger partial charge in [-0.2, -0.15) is 0 Å². The number of carbonyl (C=O) groups is 2. The van der Waals surface area contributed by atoms with Gasteiger partial charge in [0.15, 0.2) is 0 Å². The molecule has 0 aromatic heterocycles. The summed E-state index contributed by atoms with van der Waals surface area (Å²) in [5.74, 6) is -0.727. The first-order chi connectivity index (χ1) is 12.4. The van der Waals surface area contributed by atoms with Crippen molar-refractivity contribution in [3.63, 3.8) is 0 Å². The molecule has 0 radical (unpaired) electrons. The summed E-state index contributed by atoms with van der Waals surface area (Å²) in [6.07, 6.45) is 11.5. The fourth-order valence-corrected chi connectivity index (χ4v) is 3.68. The minimum Gasteiger partial charge on any atom is -0.456 e. The molecule has 5 heteroatoms. The average molecular weight is 366 g/mol. The second-order valence-corrected chi connectivity index (χ2v) is 7.26. The van der Waals surface area contributed by atoms with E-state index in [4.69, 9.17) is 14.6 Å². The number of hydrogen-bond acceptors (Lipinski definition) is 5. The second kappa shape index (κ2) is 10.5. The van der Waals surface area contributed by atoms with Gasteiger partial charge in [-0.1, -0.05) is 27.0 Å². The molecule has 2 rings (SSSR count). The van der Waals surface area contributed by atoms with E-state index in [1.807, 2.05) is 6.92 Å². The highest BCUT2D eigenvalue weighted by molar-refractivity contribution is 5.88. The normalized spacial score (nSPS) is 19.8. The summed E-state index contributed by atoms with van der Waals surface area (Å²) in [4.78, 5) is 22.4. The predicted octanol–water partition coefficient (Wildman–Crippen LogP) is 4.24. The van der Waals surface area contributed by atoms with E-state index in [-0.39, 0.29) is 29.4 Å². The topological polar surface area (TPSA) is 72.8 Å². The Morgan fingerprint density at radius 2 is 1.38 bits per heavy atom. The smallest absolute Gasteiger partial charge is 0.336 e. The third kappa shape index (κ3) is 6.27. The van der Waals surface area contributed by atoms with Gasteiger partial charge in [0, 0.05) is 6.08 Å². The van der Waals surface area contributed by atoms with Gasteiger partial charge in [-0.25, -0.2) is 9.59 Å². The van der Waals surface area contributed by atoms with E-state index in [1.54, 1.807) is 0 Å². The van der Waals surface area contributed by atoms with Crippen LogP contribution >= 0.6 is 0 Å². The van der Waals surface area contributed by atoms with E-state index in [1.165, 1.54) is 18.9 Å². The third-order valence-corrected chi connectivity index (χ3v) is 5.59. The van der Waals surface area contributed by atoms with Crippen molar-refractivity contribution in [2.45, 2.75) is 89.3 Å². The Morgan fingerprint density at radius 3 is 1.73 bits per heavy atom. The lowest BCUT2D eigenvalue weighted by molar-refractivity contribution is -0.155. The number of aliphatic hydroxyl groups excluding tert-OH is 1. The highest BCUT2D eigenvalue weighted by atomic mass is 16.6. The first-order valence-electron chi connectivity index (χ1n) is 9.73. The maximum Gasteiger partial charge on any atom is 0.336 e. The largest absolute Gasteiger partial charge is 0.456 e. The molecule has 5 nitrogen and oxygen atoms in total. The summed E-state index contributed by atoms with van der Waals surface area (Å²) >= 11 is 0. The van der Waals surface area contributed by atoms with E-state index < -0.39 is 5.97 Å². The SMILES string of the molecule is C=C(CO)C(=O)OC1(CC)CCCC1.C=CC(=O)OC1(CC)CCCC1. The molecule has 0 aliphatic heterocycles. The molecule has 2 fully saturated rings. The molecule has 0 spiro atoms. The van der Waals surface area contributed by atoms with Gasteiger partial charge < -0.3 is 14.6 Å². The summed E-state index contributed by atoms with van der Waals surface area (Å²) in [5.41, 5.74) is -0.301. The van der Waals surface area contributed by atoms with Gasteiger partial charge in [-0.05, 0) is 64.2 Å². The lowest BCUT2D eigenvalue weighted by Crippen LogP contribution is -2.32. The number of carbonyl (C=O) groups excluding carboxylic acids is 2. The van der Waals surface area contributed by atoms with Crippen molar-refractivity contribution in [1.29, 1.82) is 0 Å². The number of esters is 2. The number of hydrogen-bond donors (Lipinski definition) is 1. The first-order valence-corrected chi connectivity index (χ1v) is 9.73. The Hall–Kier alpha value is -1.62. The van der Waals surface area contributed by atoms with Gasteiger partial charge in [-0.3, -0.25) is 0 Å². The number of rotatable bonds is 7. The number of ether oxygens (including phenoxy) is 2. The van der Waals surface area contributed by atoms with Gasteiger partial charge in [0.1, 0.15) is 11.2 Å². The fraction of sp³-hybridized carbons (Fsp3) is 0.714. The van der Waals surface area contributed by atoms with Crippen molar-refractivity contribution >= 4 is 11.9 Å². The molecule has 0 heterocycles. The van der Waals surface area contributed by atoms with Crippen LogP contribution in [0.25, 0.3) is 0 Å². The van der Waals surface area contributed by atoms with Crippen LogP contribution in [0, 0.1) is 0 Å². The molecular formula is C21H34O5. The monoisotopic (exact) mass is 366 g/mol. The van der Waals surface area contributed by atoms with E-state index in [2.05, 4.69) is 20.1 Å². The van der Waals surface area contributed by atoms with Crippen LogP contribution in [0.1, 0.15) is 78.1 Å². The molecule has 0 aromatic carbocycles. The Bertz CT molecular complexity index is 497. The van der Waals surface area contributed by atoms with Crippen LogP contribution in [0.5, 0.6) is 0 Å². The zero-order chi connectivity index (χ0) is 19.6. The van der Waals surface area contributed by atoms with Crippen molar-refractivity contribution in [2.75, 3.05) is 6.61 Å². The molecule has 0 bridgehead atoms. The van der Waals surface area contributed by atoms with Crippen LogP contribution in [0.15, 0.2) is 24.8 Å². The first kappa shape index (κ1) is 22.4. The molecule has 0 saturated heterocycles. The van der Waals surface area contributed by atoms with Crippen molar-refractivity contribution in [3.05, 3.63) is 24.8 Å². The summed E-state index contributed by atoms with van der Waals surface area (Å²) in [6.45, 7) is 10.6. The third-order valence-electron chi connectivity index (χ3n) is 5.59. The second-order valence-electron chi connectivity index (χ2n) is 7.26. The molecule has 0 aromatic rings. The maximum atomic E-state index is 11.4. The van der Waals surface area contributed by atoms with Gasteiger partial charge in [-0.15, -0.1) is 0 Å². The van der Waals surface area contributed by atoms with Crippen LogP contribution in [0.3, 0.4) is 0 Å². The maximum absolute atomic E-state index is 11.4. The Balaban J connectivity index is 0.000000263. The average Bonchev–Trinajstić information content (AvgIpc) is 3.32. The molecule has 148 valence electrons. The van der Waals surface area contributed by atoms with Crippen LogP contribution in [-0.4, -0.2) is 34.9 Å². The Labute approximate surface area is 157 Å². The molecule has 0 unspecified atom stereocenters. The molecule has 26 heavy (non-hydrogen) atoms. The summed E-state index contributed by atoms with van der Waals surface area (Å²) in [7, 11) is 0. The van der Waals surface area contributed by atoms with Crippen LogP contribution in [0.4, 0.5) is 0 Å². The van der Waals surface area contributed by atoms with Crippen molar-refractivity contribution in [1.82, 2.24) is 0 Å². The standard InChI is InChI=1S/C11H18O3.C10H16O2/c1-3-11(6-4-5-7-11)14-10(13)9(2)8-12;1-3-9(11)12-10(4-2)7-5-6-8-10/h12H,2-8H2,1H3;3H,1,4-8H2,2H3. The van der Waals surface area contributed by atoms with Crippen molar-refractivity contribution in [2.24, 2.45) is 0 Å². The van der Waals surface area contributed by atoms with Crippen LogP contribution in [-0.2, 0) is 19.1 Å². The van der Waals surface area contributed by atoms with Crippen LogP contribution < -0.4 is 0 Å². The van der Waals surface area contributed by atoms with Crippen molar-refractivity contribution in [3.8, 4) is 0 Å². The van der Waals surface area contributed by atoms with E-state index in [0.29, 0.717) is 0 Å². The highest BCUT2D eigenvalue weighted by Crippen LogP contribution is 2.37. The lowest BCUT2D eigenvalue weighted by Gasteiger charge is -2.27. The zero-order valence-electron chi connectivity index (χ0n) is 16.3. The fourth-order valence-electron chi connectivity index (χ4n) is 3.68. The van der Waals surface area contributed by atoms with Crippen molar-refractivity contribution < 1.29 is 24.2 Å². The van der Waals surface area contributed by atoms with Gasteiger partial charge >= 0.3 is 11.9 Å². The Morgan fingerprint density at radius 1 is 0.962 bits per heavy atom.